The number of hydrogen-bond acceptors (Lipinski definition) is 5. The Kier molecular flexibility index (Phi) is 4.36. The van der Waals surface area contributed by atoms with Crippen LogP contribution in [0.25, 0.3) is 0 Å². The summed E-state index contributed by atoms with van der Waals surface area (Å²) in [6.07, 6.45) is 5.10. The van der Waals surface area contributed by atoms with E-state index >= 15 is 0 Å². The third-order valence-electron chi connectivity index (χ3n) is 3.51. The van der Waals surface area contributed by atoms with E-state index in [0.29, 0.717) is 30.2 Å². The maximum atomic E-state index is 5.78. The number of rotatable bonds is 4. The number of anilines is 2. The molecule has 1 heterocycles. The Bertz CT molecular complexity index is 397. The molecule has 5 heteroatoms. The van der Waals surface area contributed by atoms with E-state index in [-0.39, 0.29) is 0 Å². The molecule has 1 saturated carbocycles. The molecule has 18 heavy (non-hydrogen) atoms. The number of nitrogen functional groups attached to an aromatic ring is 1. The molecule has 1 aliphatic rings. The Balaban J connectivity index is 2.07. The van der Waals surface area contributed by atoms with Crippen LogP contribution in [0.2, 0.25) is 0 Å². The molecule has 2 rings (SSSR count). The highest BCUT2D eigenvalue weighted by atomic mass is 16.5. The average molecular weight is 250 g/mol. The lowest BCUT2D eigenvalue weighted by Gasteiger charge is -2.30. The van der Waals surface area contributed by atoms with Crippen molar-refractivity contribution in [3.8, 4) is 0 Å². The first-order valence-electron chi connectivity index (χ1n) is 6.58. The molecule has 0 amide bonds. The maximum absolute atomic E-state index is 5.78. The monoisotopic (exact) mass is 250 g/mol. The van der Waals surface area contributed by atoms with Crippen LogP contribution in [0.4, 0.5) is 11.6 Å². The number of nitrogens with two attached hydrogens (primary N) is 1. The van der Waals surface area contributed by atoms with Crippen LogP contribution in [0, 0.1) is 5.92 Å². The van der Waals surface area contributed by atoms with Gasteiger partial charge in [-0.15, -0.1) is 0 Å². The maximum Gasteiger partial charge on any atom is 0.158 e. The molecule has 2 atom stereocenters. The molecule has 0 aliphatic heterocycles. The first kappa shape index (κ1) is 13.1. The fraction of sp³-hybridized carbons (Fsp3) is 0.692. The number of nitrogens with zero attached hydrogens (tertiary/aromatic N) is 2. The number of nitrogens with one attached hydrogen (secondary N) is 1. The van der Waals surface area contributed by atoms with Crippen LogP contribution in [0.1, 0.15) is 38.4 Å². The van der Waals surface area contributed by atoms with Gasteiger partial charge >= 0.3 is 0 Å². The summed E-state index contributed by atoms with van der Waals surface area (Å²) in [6, 6.07) is 2.28. The zero-order valence-electron chi connectivity index (χ0n) is 11.1. The second kappa shape index (κ2) is 6.00. The molecule has 1 aliphatic carbocycles. The van der Waals surface area contributed by atoms with E-state index in [9.17, 15) is 0 Å². The van der Waals surface area contributed by atoms with Gasteiger partial charge in [0.25, 0.3) is 0 Å². The SMILES string of the molecule is COCc1nc(N)cc(NC2CCCCC2C)n1. The summed E-state index contributed by atoms with van der Waals surface area (Å²) in [6.45, 7) is 2.68. The predicted octanol–water partition coefficient (Wildman–Crippen LogP) is 2.20. The standard InChI is InChI=1S/C13H22N4O/c1-9-5-3-4-6-10(9)15-12-7-11(14)16-13(17-12)8-18-2/h7,9-10H,3-6,8H2,1-2H3,(H3,14,15,16,17). The Labute approximate surface area is 108 Å². The summed E-state index contributed by atoms with van der Waals surface area (Å²) in [5, 5.41) is 3.48. The van der Waals surface area contributed by atoms with E-state index in [1.807, 2.05) is 0 Å². The van der Waals surface area contributed by atoms with Crippen molar-refractivity contribution in [2.24, 2.45) is 5.92 Å². The summed E-state index contributed by atoms with van der Waals surface area (Å²) in [4.78, 5) is 8.56. The second-order valence-electron chi connectivity index (χ2n) is 5.04. The number of methoxy groups -OCH3 is 1. The zero-order valence-corrected chi connectivity index (χ0v) is 11.1. The van der Waals surface area contributed by atoms with Gasteiger partial charge in [0.1, 0.15) is 18.2 Å². The molecule has 0 radical (unpaired) electrons. The average Bonchev–Trinajstić information content (AvgIpc) is 2.32. The minimum atomic E-state index is 0.389. The fourth-order valence-corrected chi connectivity index (χ4v) is 2.51. The smallest absolute Gasteiger partial charge is 0.158 e. The first-order chi connectivity index (χ1) is 8.69. The number of ether oxygens (including phenoxy) is 1. The molecule has 5 nitrogen and oxygen atoms in total. The van der Waals surface area contributed by atoms with Gasteiger partial charge in [0, 0.05) is 19.2 Å². The molecule has 2 unspecified atom stereocenters. The van der Waals surface area contributed by atoms with Crippen LogP contribution in [-0.4, -0.2) is 23.1 Å². The molecule has 0 aromatic carbocycles. The zero-order chi connectivity index (χ0) is 13.0. The molecular weight excluding hydrogens is 228 g/mol. The van der Waals surface area contributed by atoms with Crippen LogP contribution >= 0.6 is 0 Å². The van der Waals surface area contributed by atoms with E-state index in [2.05, 4.69) is 22.2 Å². The van der Waals surface area contributed by atoms with Crippen molar-refractivity contribution in [3.63, 3.8) is 0 Å². The van der Waals surface area contributed by atoms with Crippen molar-refractivity contribution in [3.05, 3.63) is 11.9 Å². The molecule has 1 fully saturated rings. The summed E-state index contributed by atoms with van der Waals surface area (Å²) >= 11 is 0. The fourth-order valence-electron chi connectivity index (χ4n) is 2.51. The topological polar surface area (TPSA) is 73.1 Å². The molecule has 3 N–H and O–H groups in total. The van der Waals surface area contributed by atoms with E-state index in [0.717, 1.165) is 5.82 Å². The Morgan fingerprint density at radius 2 is 2.17 bits per heavy atom. The van der Waals surface area contributed by atoms with Crippen molar-refractivity contribution in [1.29, 1.82) is 0 Å². The predicted molar refractivity (Wildman–Crippen MR) is 72.2 cm³/mol. The Morgan fingerprint density at radius 3 is 2.89 bits per heavy atom. The van der Waals surface area contributed by atoms with Gasteiger partial charge in [-0.25, -0.2) is 9.97 Å². The van der Waals surface area contributed by atoms with Crippen molar-refractivity contribution in [2.75, 3.05) is 18.2 Å². The highest BCUT2D eigenvalue weighted by Crippen LogP contribution is 2.26. The normalized spacial score (nSPS) is 23.9. The van der Waals surface area contributed by atoms with E-state index in [1.165, 1.54) is 25.7 Å². The highest BCUT2D eigenvalue weighted by molar-refractivity contribution is 5.45. The van der Waals surface area contributed by atoms with E-state index in [1.54, 1.807) is 13.2 Å². The number of hydrogen-bond donors (Lipinski definition) is 2. The molecule has 100 valence electrons. The lowest BCUT2D eigenvalue weighted by molar-refractivity contribution is 0.178. The molecule has 0 bridgehead atoms. The van der Waals surface area contributed by atoms with Gasteiger partial charge in [-0.2, -0.15) is 0 Å². The van der Waals surface area contributed by atoms with Crippen molar-refractivity contribution < 1.29 is 4.74 Å². The highest BCUT2D eigenvalue weighted by Gasteiger charge is 2.21. The van der Waals surface area contributed by atoms with Gasteiger partial charge in [-0.05, 0) is 18.8 Å². The number of aromatic nitrogens is 2. The van der Waals surface area contributed by atoms with Gasteiger partial charge in [0.2, 0.25) is 0 Å². The largest absolute Gasteiger partial charge is 0.384 e. The summed E-state index contributed by atoms with van der Waals surface area (Å²) in [7, 11) is 1.63. The van der Waals surface area contributed by atoms with E-state index in [4.69, 9.17) is 10.5 Å². The minimum absolute atomic E-state index is 0.389. The molecule has 1 aromatic heterocycles. The third kappa shape index (κ3) is 3.32. The lowest BCUT2D eigenvalue weighted by atomic mass is 9.86. The molecule has 1 aromatic rings. The van der Waals surface area contributed by atoms with Crippen LogP contribution in [0.15, 0.2) is 6.07 Å². The Hall–Kier alpha value is -1.36. The second-order valence-corrected chi connectivity index (χ2v) is 5.04. The van der Waals surface area contributed by atoms with Crippen LogP contribution in [0.3, 0.4) is 0 Å². The van der Waals surface area contributed by atoms with Crippen LogP contribution < -0.4 is 11.1 Å². The minimum Gasteiger partial charge on any atom is -0.384 e. The molecule has 0 saturated heterocycles. The third-order valence-corrected chi connectivity index (χ3v) is 3.51. The van der Waals surface area contributed by atoms with Crippen molar-refractivity contribution in [1.82, 2.24) is 9.97 Å². The summed E-state index contributed by atoms with van der Waals surface area (Å²) < 4.78 is 5.04. The van der Waals surface area contributed by atoms with Gasteiger partial charge in [-0.1, -0.05) is 19.8 Å². The Morgan fingerprint density at radius 1 is 1.39 bits per heavy atom. The van der Waals surface area contributed by atoms with Crippen LogP contribution in [-0.2, 0) is 11.3 Å². The van der Waals surface area contributed by atoms with Gasteiger partial charge < -0.3 is 15.8 Å². The van der Waals surface area contributed by atoms with Crippen molar-refractivity contribution >= 4 is 11.6 Å². The van der Waals surface area contributed by atoms with Gasteiger partial charge in [0.05, 0.1) is 0 Å². The first-order valence-corrected chi connectivity index (χ1v) is 6.58. The molecule has 0 spiro atoms. The van der Waals surface area contributed by atoms with Crippen molar-refractivity contribution in [2.45, 2.75) is 45.3 Å². The summed E-state index contributed by atoms with van der Waals surface area (Å²) in [5.41, 5.74) is 5.78. The van der Waals surface area contributed by atoms with Gasteiger partial charge in [0.15, 0.2) is 5.82 Å². The quantitative estimate of drug-likeness (QED) is 0.857. The van der Waals surface area contributed by atoms with Crippen LogP contribution in [0.5, 0.6) is 0 Å². The van der Waals surface area contributed by atoms with E-state index < -0.39 is 0 Å². The summed E-state index contributed by atoms with van der Waals surface area (Å²) in [5.74, 6) is 2.61. The van der Waals surface area contributed by atoms with Gasteiger partial charge in [-0.3, -0.25) is 0 Å². The lowest BCUT2D eigenvalue weighted by Crippen LogP contribution is -2.30. The molecular formula is C13H22N4O.